The number of ether oxygens (including phenoxy) is 3. The number of nitrogens with one attached hydrogen (secondary N) is 2. The van der Waals surface area contributed by atoms with Crippen molar-refractivity contribution < 1.29 is 28.6 Å². The van der Waals surface area contributed by atoms with Gasteiger partial charge in [-0.25, -0.2) is 9.59 Å². The first kappa shape index (κ1) is 33.9. The van der Waals surface area contributed by atoms with E-state index in [1.165, 1.54) is 0 Å². The summed E-state index contributed by atoms with van der Waals surface area (Å²) in [7, 11) is 0. The van der Waals surface area contributed by atoms with E-state index < -0.39 is 31.8 Å². The molecule has 8 nitrogen and oxygen atoms in total. The molecule has 3 aromatic rings. The molecule has 0 radical (unpaired) electrons. The van der Waals surface area contributed by atoms with Crippen LogP contribution in [0.5, 0.6) is 0 Å². The van der Waals surface area contributed by atoms with Crippen LogP contribution in [0.3, 0.4) is 0 Å². The number of rotatable bonds is 9. The lowest BCUT2D eigenvalue weighted by Gasteiger charge is -2.25. The largest absolute Gasteiger partial charge is 0.459 e. The number of hydrogen-bond acceptors (Lipinski definition) is 6. The number of amides is 2. The molecule has 2 N–H and O–H groups in total. The minimum atomic E-state index is -1.04. The van der Waals surface area contributed by atoms with E-state index in [4.69, 9.17) is 14.2 Å². The molecular formula is C31H30Br3IN2O6. The van der Waals surface area contributed by atoms with Gasteiger partial charge in [-0.15, -0.1) is 0 Å². The van der Waals surface area contributed by atoms with Crippen molar-refractivity contribution in [3.8, 4) is 11.1 Å². The number of carbonyl (C=O) groups excluding carboxylic acids is 3. The average Bonchev–Trinajstić information content (AvgIpc) is 3.26. The minimum absolute atomic E-state index is 0.0396. The molecule has 228 valence electrons. The summed E-state index contributed by atoms with van der Waals surface area (Å²) in [4.78, 5) is 38.8. The second-order valence-corrected chi connectivity index (χ2v) is 19.2. The number of alkyl carbamates (subject to hydrolysis) is 1. The lowest BCUT2D eigenvalue weighted by Crippen LogP contribution is -2.48. The third-order valence-corrected chi connectivity index (χ3v) is 8.04. The summed E-state index contributed by atoms with van der Waals surface area (Å²) >= 11 is 11.9. The first-order chi connectivity index (χ1) is 20.2. The Bertz CT molecular complexity index is 1460. The topological polar surface area (TPSA) is 103 Å². The van der Waals surface area contributed by atoms with Crippen LogP contribution in [0.1, 0.15) is 48.2 Å². The summed E-state index contributed by atoms with van der Waals surface area (Å²) in [5, 5.41) is 5.50. The molecule has 4 rings (SSSR count). The van der Waals surface area contributed by atoms with E-state index in [-0.39, 0.29) is 25.7 Å². The molecule has 3 aromatic carbocycles. The fraction of sp³-hybridized carbons (Fsp3) is 0.323. The van der Waals surface area contributed by atoms with E-state index in [9.17, 15) is 14.4 Å². The Morgan fingerprint density at radius 3 is 2.07 bits per heavy atom. The van der Waals surface area contributed by atoms with Crippen LogP contribution in [0, 0.1) is 3.57 Å². The van der Waals surface area contributed by atoms with Gasteiger partial charge in [-0.2, -0.15) is 0 Å². The van der Waals surface area contributed by atoms with Gasteiger partial charge in [0, 0.05) is 9.49 Å². The number of fused-ring (bicyclic) bond motifs is 3. The van der Waals surface area contributed by atoms with Crippen molar-refractivity contribution in [3.05, 3.63) is 87.0 Å². The lowest BCUT2D eigenvalue weighted by atomic mass is 9.98. The highest BCUT2D eigenvalue weighted by Gasteiger charge is 2.30. The molecule has 0 saturated carbocycles. The third kappa shape index (κ3) is 9.49. The molecule has 0 unspecified atom stereocenters. The fourth-order valence-corrected chi connectivity index (χ4v) is 5.49. The van der Waals surface area contributed by atoms with Gasteiger partial charge in [-0.1, -0.05) is 96.3 Å². The Kier molecular flexibility index (Phi) is 11.3. The zero-order valence-electron chi connectivity index (χ0n) is 23.6. The minimum Gasteiger partial charge on any atom is -0.459 e. The molecule has 2 amide bonds. The van der Waals surface area contributed by atoms with Gasteiger partial charge in [-0.3, -0.25) is 4.79 Å². The maximum Gasteiger partial charge on any atom is 0.407 e. The summed E-state index contributed by atoms with van der Waals surface area (Å²) in [6, 6.07) is 19.9. The molecule has 0 spiro atoms. The second kappa shape index (κ2) is 14.4. The number of esters is 1. The van der Waals surface area contributed by atoms with Crippen molar-refractivity contribution in [3.63, 3.8) is 0 Å². The van der Waals surface area contributed by atoms with Gasteiger partial charge in [0.25, 0.3) is 0 Å². The number of anilines is 1. The van der Waals surface area contributed by atoms with E-state index >= 15 is 0 Å². The van der Waals surface area contributed by atoms with Gasteiger partial charge in [0.15, 0.2) is 2.14 Å². The average molecular weight is 893 g/mol. The van der Waals surface area contributed by atoms with Gasteiger partial charge in [0.05, 0.1) is 23.5 Å². The van der Waals surface area contributed by atoms with E-state index in [0.29, 0.717) is 14.8 Å². The van der Waals surface area contributed by atoms with E-state index in [0.717, 1.165) is 22.3 Å². The summed E-state index contributed by atoms with van der Waals surface area (Å²) < 4.78 is 16.7. The molecule has 1 atom stereocenters. The van der Waals surface area contributed by atoms with E-state index in [1.54, 1.807) is 18.2 Å². The Morgan fingerprint density at radius 2 is 1.51 bits per heavy atom. The van der Waals surface area contributed by atoms with Crippen LogP contribution >= 0.6 is 70.4 Å². The Labute approximate surface area is 289 Å². The predicted molar refractivity (Wildman–Crippen MR) is 185 cm³/mol. The first-order valence-electron chi connectivity index (χ1n) is 13.3. The first-order valence-corrected chi connectivity index (χ1v) is 16.8. The number of halogens is 4. The third-order valence-electron chi connectivity index (χ3n) is 6.46. The van der Waals surface area contributed by atoms with Crippen LogP contribution in [0.15, 0.2) is 66.7 Å². The smallest absolute Gasteiger partial charge is 0.407 e. The standard InChI is InChI=1S/C31H30Br3IN2O6/c1-30(2,3)43-16-26(27(38)36-25-13-12-18(14-24(25)35)28(39)42-17-31(32,33)34)37-29(40)41-15-23-21-10-6-4-8-19(21)20-9-5-7-11-22(20)23/h4-14,23,26H,15-17H2,1-3H3,(H,36,38)(H,37,40)/t26-/m0/s1. The van der Waals surface area contributed by atoms with Crippen molar-refractivity contribution in [2.45, 2.75) is 40.5 Å². The summed E-state index contributed by atoms with van der Waals surface area (Å²) in [5.74, 6) is -1.13. The van der Waals surface area contributed by atoms with Gasteiger partial charge in [-0.05, 0) is 83.8 Å². The number of alkyl halides is 3. The van der Waals surface area contributed by atoms with Crippen LogP contribution in [0.2, 0.25) is 0 Å². The predicted octanol–water partition coefficient (Wildman–Crippen LogP) is 7.95. The van der Waals surface area contributed by atoms with Crippen molar-refractivity contribution in [1.82, 2.24) is 5.32 Å². The van der Waals surface area contributed by atoms with Gasteiger partial charge < -0.3 is 24.8 Å². The van der Waals surface area contributed by atoms with Crippen LogP contribution in [-0.4, -0.2) is 51.6 Å². The normalized spacial score (nSPS) is 13.5. The fourth-order valence-electron chi connectivity index (χ4n) is 4.49. The zero-order chi connectivity index (χ0) is 31.4. The number of carbonyl (C=O) groups is 3. The highest BCUT2D eigenvalue weighted by Crippen LogP contribution is 2.44. The van der Waals surface area contributed by atoms with E-state index in [2.05, 4.69) is 70.6 Å². The lowest BCUT2D eigenvalue weighted by molar-refractivity contribution is -0.121. The number of hydrogen-bond donors (Lipinski definition) is 2. The zero-order valence-corrected chi connectivity index (χ0v) is 30.5. The maximum atomic E-state index is 13.4. The van der Waals surface area contributed by atoms with Crippen molar-refractivity contribution in [2.75, 3.05) is 25.1 Å². The van der Waals surface area contributed by atoms with Crippen molar-refractivity contribution >= 4 is 94.0 Å². The quantitative estimate of drug-likeness (QED) is 0.129. The highest BCUT2D eigenvalue weighted by atomic mass is 127. The molecule has 0 saturated heterocycles. The molecule has 1 aliphatic rings. The maximum absolute atomic E-state index is 13.4. The Hall–Kier alpha value is -2.00. The molecule has 43 heavy (non-hydrogen) atoms. The van der Waals surface area contributed by atoms with Gasteiger partial charge in [0.1, 0.15) is 19.3 Å². The van der Waals surface area contributed by atoms with Crippen LogP contribution in [-0.2, 0) is 19.0 Å². The van der Waals surface area contributed by atoms with Crippen LogP contribution < -0.4 is 10.6 Å². The number of benzene rings is 3. The van der Waals surface area contributed by atoms with Gasteiger partial charge >= 0.3 is 12.1 Å². The Balaban J connectivity index is 1.42. The monoisotopic (exact) mass is 890 g/mol. The summed E-state index contributed by atoms with van der Waals surface area (Å²) in [6.45, 7) is 5.67. The second-order valence-electron chi connectivity index (χ2n) is 10.8. The molecular weight excluding hydrogens is 863 g/mol. The Morgan fingerprint density at radius 1 is 0.907 bits per heavy atom. The van der Waals surface area contributed by atoms with Crippen molar-refractivity contribution in [1.29, 1.82) is 0 Å². The molecule has 0 bridgehead atoms. The van der Waals surface area contributed by atoms with Gasteiger partial charge in [0.2, 0.25) is 5.91 Å². The molecule has 0 heterocycles. The molecule has 12 heteroatoms. The molecule has 1 aliphatic carbocycles. The van der Waals surface area contributed by atoms with Crippen molar-refractivity contribution in [2.24, 2.45) is 0 Å². The van der Waals surface area contributed by atoms with Crippen LogP contribution in [0.25, 0.3) is 11.1 Å². The molecule has 0 aromatic heterocycles. The molecule has 0 fully saturated rings. The summed E-state index contributed by atoms with van der Waals surface area (Å²) in [6.07, 6.45) is -0.728. The highest BCUT2D eigenvalue weighted by molar-refractivity contribution is 14.1. The van der Waals surface area contributed by atoms with Crippen LogP contribution in [0.4, 0.5) is 10.5 Å². The summed E-state index contributed by atoms with van der Waals surface area (Å²) in [5.41, 5.74) is 4.67. The molecule has 0 aliphatic heterocycles. The van der Waals surface area contributed by atoms with E-state index in [1.807, 2.05) is 79.8 Å². The SMILES string of the molecule is CC(C)(C)OC[C@H](NC(=O)OCC1c2ccccc2-c2ccccc21)C(=O)Nc1ccc(C(=O)OCC(Br)(Br)Br)cc1I.